The highest BCUT2D eigenvalue weighted by Gasteiger charge is 2.23. The van der Waals surface area contributed by atoms with Crippen LogP contribution in [0.15, 0.2) is 60.7 Å². The maximum atomic E-state index is 13.2. The van der Waals surface area contributed by atoms with Gasteiger partial charge in [0.15, 0.2) is 5.11 Å². The van der Waals surface area contributed by atoms with E-state index in [1.807, 2.05) is 24.3 Å². The van der Waals surface area contributed by atoms with Gasteiger partial charge >= 0.3 is 5.97 Å². The van der Waals surface area contributed by atoms with Crippen molar-refractivity contribution in [1.82, 2.24) is 4.90 Å². The standard InChI is InChI=1S/C25H26FN3O2S2/c1-2-31-24(30)22-17-21(16-18-6-4-3-5-7-18)33-23(22)27-25(32)29-14-12-28(13-15-29)20-10-8-19(26)9-11-20/h3-11,17H,2,12-16H2,1H3,(H,27,32). The number of halogens is 1. The number of rotatable bonds is 6. The summed E-state index contributed by atoms with van der Waals surface area (Å²) in [6, 6.07) is 18.6. The van der Waals surface area contributed by atoms with Gasteiger partial charge in [-0.2, -0.15) is 0 Å². The zero-order valence-corrected chi connectivity index (χ0v) is 20.1. The number of piperazine rings is 1. The maximum absolute atomic E-state index is 13.2. The fraction of sp³-hybridized carbons (Fsp3) is 0.280. The first-order valence-corrected chi connectivity index (χ1v) is 12.2. The summed E-state index contributed by atoms with van der Waals surface area (Å²) in [6.45, 7) is 5.15. The molecule has 0 spiro atoms. The summed E-state index contributed by atoms with van der Waals surface area (Å²) < 4.78 is 18.5. The Bertz CT molecular complexity index is 1090. The van der Waals surface area contributed by atoms with E-state index >= 15 is 0 Å². The van der Waals surface area contributed by atoms with Crippen molar-refractivity contribution in [2.75, 3.05) is 43.0 Å². The van der Waals surface area contributed by atoms with Crippen molar-refractivity contribution >= 4 is 45.3 Å². The predicted octanol–water partition coefficient (Wildman–Crippen LogP) is 5.17. The van der Waals surface area contributed by atoms with Crippen molar-refractivity contribution < 1.29 is 13.9 Å². The molecule has 4 rings (SSSR count). The van der Waals surface area contributed by atoms with Gasteiger partial charge in [0.2, 0.25) is 0 Å². The molecule has 5 nitrogen and oxygen atoms in total. The van der Waals surface area contributed by atoms with E-state index in [1.54, 1.807) is 19.1 Å². The zero-order valence-electron chi connectivity index (χ0n) is 18.4. The summed E-state index contributed by atoms with van der Waals surface area (Å²) in [7, 11) is 0. The Balaban J connectivity index is 1.43. The SMILES string of the molecule is CCOC(=O)c1cc(Cc2ccccc2)sc1NC(=S)N1CCN(c2ccc(F)cc2)CC1. The number of anilines is 2. The van der Waals surface area contributed by atoms with Gasteiger partial charge in [0.1, 0.15) is 10.8 Å². The van der Waals surface area contributed by atoms with Gasteiger partial charge in [0.25, 0.3) is 0 Å². The monoisotopic (exact) mass is 483 g/mol. The molecule has 1 aromatic heterocycles. The zero-order chi connectivity index (χ0) is 23.2. The number of thiophene rings is 1. The lowest BCUT2D eigenvalue weighted by molar-refractivity contribution is 0.0528. The highest BCUT2D eigenvalue weighted by Crippen LogP contribution is 2.31. The molecule has 1 aliphatic rings. The molecule has 0 radical (unpaired) electrons. The first-order chi connectivity index (χ1) is 16.0. The number of benzene rings is 2. The van der Waals surface area contributed by atoms with E-state index < -0.39 is 0 Å². The van der Waals surface area contributed by atoms with Gasteiger partial charge in [-0.15, -0.1) is 11.3 Å². The summed E-state index contributed by atoms with van der Waals surface area (Å²) in [6.07, 6.45) is 0.739. The van der Waals surface area contributed by atoms with Crippen molar-refractivity contribution in [2.24, 2.45) is 0 Å². The van der Waals surface area contributed by atoms with Crippen LogP contribution >= 0.6 is 23.6 Å². The fourth-order valence-electron chi connectivity index (χ4n) is 3.78. The molecule has 172 valence electrons. The van der Waals surface area contributed by atoms with Crippen LogP contribution in [-0.4, -0.2) is 48.8 Å². The second-order valence-corrected chi connectivity index (χ2v) is 9.24. The van der Waals surface area contributed by atoms with Crippen LogP contribution in [0.4, 0.5) is 15.1 Å². The first kappa shape index (κ1) is 23.2. The average Bonchev–Trinajstić information content (AvgIpc) is 3.22. The van der Waals surface area contributed by atoms with Gasteiger partial charge in [-0.3, -0.25) is 0 Å². The third-order valence-electron chi connectivity index (χ3n) is 5.48. The number of carbonyl (C=O) groups is 1. The number of ether oxygens (including phenoxy) is 1. The molecule has 0 saturated carbocycles. The highest BCUT2D eigenvalue weighted by molar-refractivity contribution is 7.80. The Hall–Kier alpha value is -2.97. The van der Waals surface area contributed by atoms with E-state index in [1.165, 1.54) is 29.0 Å². The number of nitrogens with zero attached hydrogens (tertiary/aromatic N) is 2. The van der Waals surface area contributed by atoms with Crippen molar-refractivity contribution in [3.63, 3.8) is 0 Å². The van der Waals surface area contributed by atoms with E-state index in [9.17, 15) is 9.18 Å². The highest BCUT2D eigenvalue weighted by atomic mass is 32.1. The molecule has 0 amide bonds. The minimum absolute atomic E-state index is 0.234. The van der Waals surface area contributed by atoms with Crippen LogP contribution in [0.1, 0.15) is 27.7 Å². The lowest BCUT2D eigenvalue weighted by atomic mass is 10.1. The van der Waals surface area contributed by atoms with Crippen molar-refractivity contribution in [2.45, 2.75) is 13.3 Å². The molecule has 8 heteroatoms. The maximum Gasteiger partial charge on any atom is 0.341 e. The predicted molar refractivity (Wildman–Crippen MR) is 136 cm³/mol. The third-order valence-corrected chi connectivity index (χ3v) is 6.89. The molecular weight excluding hydrogens is 457 g/mol. The molecule has 33 heavy (non-hydrogen) atoms. The lowest BCUT2D eigenvalue weighted by Crippen LogP contribution is -2.50. The molecule has 3 aromatic rings. The van der Waals surface area contributed by atoms with Crippen molar-refractivity contribution in [1.29, 1.82) is 0 Å². The molecular formula is C25H26FN3O2S2. The molecule has 0 unspecified atom stereocenters. The summed E-state index contributed by atoms with van der Waals surface area (Å²) >= 11 is 7.21. The van der Waals surface area contributed by atoms with Crippen molar-refractivity contribution in [3.8, 4) is 0 Å². The number of thiocarbonyl (C=S) groups is 1. The van der Waals surface area contributed by atoms with E-state index in [0.717, 1.165) is 43.2 Å². The van der Waals surface area contributed by atoms with Gasteiger partial charge in [-0.25, -0.2) is 9.18 Å². The quantitative estimate of drug-likeness (QED) is 0.385. The Morgan fingerprint density at radius 3 is 2.45 bits per heavy atom. The number of hydrogen-bond acceptors (Lipinski definition) is 5. The van der Waals surface area contributed by atoms with Gasteiger partial charge in [0, 0.05) is 43.2 Å². The lowest BCUT2D eigenvalue weighted by Gasteiger charge is -2.37. The third kappa shape index (κ3) is 5.89. The molecule has 1 saturated heterocycles. The average molecular weight is 484 g/mol. The number of esters is 1. The Kier molecular flexibility index (Phi) is 7.57. The van der Waals surface area contributed by atoms with Crippen LogP contribution in [-0.2, 0) is 11.2 Å². The number of hydrogen-bond donors (Lipinski definition) is 1. The normalized spacial score (nSPS) is 13.6. The minimum atomic E-state index is -0.348. The molecule has 1 aliphatic heterocycles. The minimum Gasteiger partial charge on any atom is -0.462 e. The van der Waals surface area contributed by atoms with Crippen molar-refractivity contribution in [3.05, 3.63) is 82.5 Å². The molecule has 1 fully saturated rings. The van der Waals surface area contributed by atoms with Gasteiger partial charge < -0.3 is 19.9 Å². The summed E-state index contributed by atoms with van der Waals surface area (Å²) in [5.41, 5.74) is 2.70. The topological polar surface area (TPSA) is 44.8 Å². The summed E-state index contributed by atoms with van der Waals surface area (Å²) in [5.74, 6) is -0.581. The smallest absolute Gasteiger partial charge is 0.341 e. The van der Waals surface area contributed by atoms with Crippen LogP contribution in [0.3, 0.4) is 0 Å². The molecule has 2 heterocycles. The van der Waals surface area contributed by atoms with E-state index in [-0.39, 0.29) is 11.8 Å². The molecule has 0 bridgehead atoms. The van der Waals surface area contributed by atoms with Crippen LogP contribution in [0.5, 0.6) is 0 Å². The summed E-state index contributed by atoms with van der Waals surface area (Å²) in [4.78, 5) is 17.9. The second kappa shape index (κ2) is 10.8. The molecule has 2 aromatic carbocycles. The fourth-order valence-corrected chi connectivity index (χ4v) is 5.20. The molecule has 0 aliphatic carbocycles. The number of nitrogens with one attached hydrogen (secondary N) is 1. The second-order valence-electron chi connectivity index (χ2n) is 7.72. The largest absolute Gasteiger partial charge is 0.462 e. The van der Waals surface area contributed by atoms with Gasteiger partial charge in [-0.1, -0.05) is 30.3 Å². The first-order valence-electron chi connectivity index (χ1n) is 10.9. The van der Waals surface area contributed by atoms with Gasteiger partial charge in [-0.05, 0) is 55.0 Å². The van der Waals surface area contributed by atoms with Crippen LogP contribution in [0.2, 0.25) is 0 Å². The van der Waals surface area contributed by atoms with E-state index in [4.69, 9.17) is 17.0 Å². The number of carbonyl (C=O) groups excluding carboxylic acids is 1. The summed E-state index contributed by atoms with van der Waals surface area (Å²) in [5, 5.41) is 4.60. The Labute approximate surface area is 202 Å². The Morgan fingerprint density at radius 1 is 1.09 bits per heavy atom. The van der Waals surface area contributed by atoms with E-state index in [2.05, 4.69) is 27.2 Å². The molecule has 1 N–H and O–H groups in total. The molecule has 0 atom stereocenters. The van der Waals surface area contributed by atoms with Crippen LogP contribution < -0.4 is 10.2 Å². The van der Waals surface area contributed by atoms with Crippen LogP contribution in [0, 0.1) is 5.82 Å². The van der Waals surface area contributed by atoms with Crippen LogP contribution in [0.25, 0.3) is 0 Å². The van der Waals surface area contributed by atoms with E-state index in [0.29, 0.717) is 22.3 Å². The van der Waals surface area contributed by atoms with Gasteiger partial charge in [0.05, 0.1) is 12.2 Å². The Morgan fingerprint density at radius 2 is 1.79 bits per heavy atom.